The van der Waals surface area contributed by atoms with Crippen molar-refractivity contribution >= 4 is 17.5 Å². The van der Waals surface area contributed by atoms with E-state index < -0.39 is 17.9 Å². The average Bonchev–Trinajstić information content (AvgIpc) is 3.31. The van der Waals surface area contributed by atoms with Gasteiger partial charge in [0, 0.05) is 30.7 Å². The Morgan fingerprint density at radius 1 is 1.09 bits per heavy atom. The van der Waals surface area contributed by atoms with Crippen LogP contribution in [0.2, 0.25) is 0 Å². The van der Waals surface area contributed by atoms with Crippen LogP contribution < -0.4 is 0 Å². The van der Waals surface area contributed by atoms with E-state index in [0.717, 1.165) is 50.5 Å². The SMILES string of the molecule is CC(=O)/C=C1/[C@@]2(C)C=C(C#N)C(=O)[C@@H](C)[C@@H]2CC[C@@]1(C)C(C)(C)CC[C@@]1(CCC(=O)N2CCC(F)(F)C2)CCC(C)(C)CC1C. The van der Waals surface area contributed by atoms with Crippen LogP contribution in [-0.2, 0) is 14.4 Å². The number of hydrogen-bond donors (Lipinski definition) is 0. The summed E-state index contributed by atoms with van der Waals surface area (Å²) < 4.78 is 27.8. The van der Waals surface area contributed by atoms with E-state index in [0.29, 0.717) is 18.8 Å². The summed E-state index contributed by atoms with van der Waals surface area (Å²) in [7, 11) is 0. The lowest BCUT2D eigenvalue weighted by molar-refractivity contribution is -0.133. The quantitative estimate of drug-likeness (QED) is 0.252. The molecule has 4 rings (SSSR count). The number of carbonyl (C=O) groups is 3. The number of rotatable bonds is 8. The highest BCUT2D eigenvalue weighted by Gasteiger charge is 2.58. The molecule has 250 valence electrons. The zero-order chi connectivity index (χ0) is 33.8. The minimum absolute atomic E-state index is 0.0208. The highest BCUT2D eigenvalue weighted by Crippen LogP contribution is 2.66. The molecule has 0 radical (unpaired) electrons. The van der Waals surface area contributed by atoms with E-state index >= 15 is 0 Å². The molecule has 2 saturated carbocycles. The molecule has 1 heterocycles. The summed E-state index contributed by atoms with van der Waals surface area (Å²) in [4.78, 5) is 40.3. The third-order valence-corrected chi connectivity index (χ3v) is 13.4. The lowest BCUT2D eigenvalue weighted by Crippen LogP contribution is -2.53. The minimum atomic E-state index is -2.79. The molecule has 4 aliphatic rings. The number of likely N-dealkylation sites (tertiary alicyclic amines) is 1. The van der Waals surface area contributed by atoms with Crippen LogP contribution in [0, 0.1) is 56.2 Å². The van der Waals surface area contributed by atoms with Gasteiger partial charge in [0.2, 0.25) is 5.91 Å². The highest BCUT2D eigenvalue weighted by atomic mass is 19.3. The second-order valence-corrected chi connectivity index (χ2v) is 17.2. The Morgan fingerprint density at radius 2 is 1.76 bits per heavy atom. The number of ketones is 2. The summed E-state index contributed by atoms with van der Waals surface area (Å²) in [5, 5.41) is 9.86. The summed E-state index contributed by atoms with van der Waals surface area (Å²) in [6.07, 6.45) is 11.0. The molecule has 0 aromatic heterocycles. The van der Waals surface area contributed by atoms with Gasteiger partial charge in [0.15, 0.2) is 11.6 Å². The summed E-state index contributed by atoms with van der Waals surface area (Å²) in [6, 6.07) is 2.14. The number of allylic oxidation sites excluding steroid dienone is 4. The Bertz CT molecular complexity index is 1320. The van der Waals surface area contributed by atoms with Gasteiger partial charge < -0.3 is 4.90 Å². The van der Waals surface area contributed by atoms with Crippen LogP contribution in [0.25, 0.3) is 0 Å². The molecule has 0 bridgehead atoms. The lowest BCUT2D eigenvalue weighted by atomic mass is 9.44. The smallest absolute Gasteiger partial charge is 0.267 e. The maximum absolute atomic E-state index is 13.9. The third-order valence-electron chi connectivity index (χ3n) is 13.4. The molecule has 0 aromatic rings. The fraction of sp³-hybridized carbons (Fsp3) is 0.789. The van der Waals surface area contributed by atoms with Crippen molar-refractivity contribution in [1.29, 1.82) is 5.26 Å². The van der Waals surface area contributed by atoms with Crippen molar-refractivity contribution in [2.24, 2.45) is 44.8 Å². The van der Waals surface area contributed by atoms with Crippen molar-refractivity contribution in [3.8, 4) is 6.07 Å². The number of hydrogen-bond acceptors (Lipinski definition) is 4. The maximum Gasteiger partial charge on any atom is 0.267 e. The minimum Gasteiger partial charge on any atom is -0.336 e. The van der Waals surface area contributed by atoms with Crippen LogP contribution in [0.15, 0.2) is 23.3 Å². The number of amides is 1. The van der Waals surface area contributed by atoms with Gasteiger partial charge in [0.25, 0.3) is 5.92 Å². The Morgan fingerprint density at radius 3 is 2.31 bits per heavy atom. The number of alkyl halides is 2. The topological polar surface area (TPSA) is 78.2 Å². The number of fused-ring (bicyclic) bond motifs is 1. The van der Waals surface area contributed by atoms with Gasteiger partial charge in [0.05, 0.1) is 12.1 Å². The molecule has 7 heteroatoms. The Kier molecular flexibility index (Phi) is 9.48. The van der Waals surface area contributed by atoms with Crippen LogP contribution >= 0.6 is 0 Å². The third kappa shape index (κ3) is 6.59. The first-order valence-electron chi connectivity index (χ1n) is 17.2. The van der Waals surface area contributed by atoms with Gasteiger partial charge >= 0.3 is 0 Å². The van der Waals surface area contributed by atoms with Gasteiger partial charge in [-0.1, -0.05) is 67.0 Å². The van der Waals surface area contributed by atoms with E-state index in [1.54, 1.807) is 13.0 Å². The molecule has 0 N–H and O–H groups in total. The van der Waals surface area contributed by atoms with Crippen LogP contribution in [0.1, 0.15) is 127 Å². The molecule has 1 unspecified atom stereocenters. The Hall–Kier alpha value is -2.36. The van der Waals surface area contributed by atoms with Gasteiger partial charge in [0.1, 0.15) is 6.07 Å². The van der Waals surface area contributed by atoms with Crippen molar-refractivity contribution in [2.45, 2.75) is 132 Å². The highest BCUT2D eigenvalue weighted by molar-refractivity contribution is 6.02. The number of nitriles is 1. The van der Waals surface area contributed by atoms with Gasteiger partial charge in [-0.15, -0.1) is 0 Å². The van der Waals surface area contributed by atoms with Crippen LogP contribution in [0.3, 0.4) is 0 Å². The normalized spacial score (nSPS) is 37.2. The molecule has 0 aromatic carbocycles. The van der Waals surface area contributed by atoms with Gasteiger partial charge in [-0.3, -0.25) is 14.4 Å². The largest absolute Gasteiger partial charge is 0.336 e. The number of Topliss-reactive ketones (excluding diaryl/α,β-unsaturated/α-hetero) is 1. The zero-order valence-corrected chi connectivity index (χ0v) is 29.2. The first-order chi connectivity index (χ1) is 20.6. The molecule has 0 spiro atoms. The first kappa shape index (κ1) is 35.5. The fourth-order valence-electron chi connectivity index (χ4n) is 9.88. The van der Waals surface area contributed by atoms with E-state index in [1.165, 1.54) is 4.90 Å². The van der Waals surface area contributed by atoms with E-state index in [9.17, 15) is 28.4 Å². The second kappa shape index (κ2) is 12.0. The molecule has 3 fully saturated rings. The lowest BCUT2D eigenvalue weighted by Gasteiger charge is -2.60. The molecule has 1 saturated heterocycles. The molecule has 5 nitrogen and oxygen atoms in total. The molecule has 1 aliphatic heterocycles. The molecule has 1 amide bonds. The van der Waals surface area contributed by atoms with Crippen LogP contribution in [0.4, 0.5) is 8.78 Å². The molecule has 6 atom stereocenters. The van der Waals surface area contributed by atoms with E-state index in [-0.39, 0.29) is 69.5 Å². The van der Waals surface area contributed by atoms with Gasteiger partial charge in [-0.25, -0.2) is 8.78 Å². The van der Waals surface area contributed by atoms with Crippen molar-refractivity contribution in [3.63, 3.8) is 0 Å². The predicted molar refractivity (Wildman–Crippen MR) is 173 cm³/mol. The maximum atomic E-state index is 13.9. The Balaban J connectivity index is 1.64. The monoisotopic (exact) mass is 626 g/mol. The number of carbonyl (C=O) groups excluding carboxylic acids is 3. The van der Waals surface area contributed by atoms with Crippen molar-refractivity contribution in [2.75, 3.05) is 13.1 Å². The van der Waals surface area contributed by atoms with E-state index in [1.807, 2.05) is 13.0 Å². The first-order valence-corrected chi connectivity index (χ1v) is 17.2. The zero-order valence-electron chi connectivity index (χ0n) is 29.2. The fourth-order valence-corrected chi connectivity index (χ4v) is 9.88. The van der Waals surface area contributed by atoms with Crippen molar-refractivity contribution in [3.05, 3.63) is 23.3 Å². The molecular formula is C38H56F2N2O3. The van der Waals surface area contributed by atoms with E-state index in [2.05, 4.69) is 54.5 Å². The summed E-state index contributed by atoms with van der Waals surface area (Å²) in [5.41, 5.74) is 0.161. The van der Waals surface area contributed by atoms with Crippen LogP contribution in [-0.4, -0.2) is 41.4 Å². The standard InChI is InChI=1S/C38H56F2N2O3/c1-25-21-33(4,5)14-16-37(25,13-11-31(44)42-19-18-38(39,40)24-42)17-15-34(6,7)36(9)12-10-29-27(3)32(45)28(23-41)22-35(29,8)30(36)20-26(2)43/h20,22,25,27,29H,10-19,21,24H2,1-9H3/b30-20-/t25?,27-,29-,35-,36+,37+/m0/s1. The molecule has 45 heavy (non-hydrogen) atoms. The average molecular weight is 627 g/mol. The van der Waals surface area contributed by atoms with Crippen molar-refractivity contribution < 1.29 is 23.2 Å². The summed E-state index contributed by atoms with van der Waals surface area (Å²) in [6.45, 7) is 19.1. The summed E-state index contributed by atoms with van der Waals surface area (Å²) >= 11 is 0. The summed E-state index contributed by atoms with van der Waals surface area (Å²) in [5.74, 6) is -2.97. The van der Waals surface area contributed by atoms with Crippen molar-refractivity contribution in [1.82, 2.24) is 4.90 Å². The Labute approximate surface area is 270 Å². The molecular weight excluding hydrogens is 570 g/mol. The predicted octanol–water partition coefficient (Wildman–Crippen LogP) is 8.88. The second-order valence-electron chi connectivity index (χ2n) is 17.2. The van der Waals surface area contributed by atoms with Crippen LogP contribution in [0.5, 0.6) is 0 Å². The van der Waals surface area contributed by atoms with E-state index in [4.69, 9.17) is 0 Å². The number of halogens is 2. The van der Waals surface area contributed by atoms with Gasteiger partial charge in [-0.05, 0) is 97.9 Å². The molecule has 3 aliphatic carbocycles. The number of nitrogens with zero attached hydrogens (tertiary/aromatic N) is 2. The van der Waals surface area contributed by atoms with Gasteiger partial charge in [-0.2, -0.15) is 5.26 Å².